The first kappa shape index (κ1) is 12.9. The highest BCUT2D eigenvalue weighted by atomic mass is 35.5. The van der Waals surface area contributed by atoms with Crippen LogP contribution in [0.3, 0.4) is 0 Å². The van der Waals surface area contributed by atoms with Crippen molar-refractivity contribution in [3.8, 4) is 5.75 Å². The first-order chi connectivity index (χ1) is 8.34. The molecule has 1 aromatic rings. The largest absolute Gasteiger partial charge is 0.505 e. The maximum Gasteiger partial charge on any atom is 0.261 e. The lowest BCUT2D eigenvalue weighted by molar-refractivity contribution is -0.120. The number of imide groups is 1. The Morgan fingerprint density at radius 2 is 1.39 bits per heavy atom. The number of hydrogen-bond acceptors (Lipinski definition) is 3. The van der Waals surface area contributed by atoms with Crippen molar-refractivity contribution in [3.05, 3.63) is 33.3 Å². The van der Waals surface area contributed by atoms with Gasteiger partial charge in [-0.25, -0.2) is 4.90 Å². The summed E-state index contributed by atoms with van der Waals surface area (Å²) in [5.41, 5.74) is 1.02. The number of rotatable bonds is 1. The Labute approximate surface area is 113 Å². The number of carbonyl (C=O) groups is 2. The maximum absolute atomic E-state index is 11.9. The van der Waals surface area contributed by atoms with E-state index in [-0.39, 0.29) is 21.5 Å². The van der Waals surface area contributed by atoms with Crippen molar-refractivity contribution in [1.82, 2.24) is 0 Å². The lowest BCUT2D eigenvalue weighted by atomic mass is 10.2. The molecule has 1 heterocycles. The highest BCUT2D eigenvalue weighted by Gasteiger charge is 2.35. The summed E-state index contributed by atoms with van der Waals surface area (Å²) in [5, 5.41) is 9.42. The van der Waals surface area contributed by atoms with E-state index in [1.165, 1.54) is 12.1 Å². The van der Waals surface area contributed by atoms with E-state index >= 15 is 0 Å². The van der Waals surface area contributed by atoms with Gasteiger partial charge in [-0.2, -0.15) is 0 Å². The van der Waals surface area contributed by atoms with Gasteiger partial charge in [-0.1, -0.05) is 23.2 Å². The zero-order valence-electron chi connectivity index (χ0n) is 9.62. The molecule has 2 rings (SSSR count). The Bertz CT molecular complexity index is 560. The van der Waals surface area contributed by atoms with Gasteiger partial charge in [0.2, 0.25) is 0 Å². The summed E-state index contributed by atoms with van der Waals surface area (Å²) in [4.78, 5) is 24.9. The quantitative estimate of drug-likeness (QED) is 0.807. The van der Waals surface area contributed by atoms with E-state index in [0.717, 1.165) is 4.90 Å². The van der Waals surface area contributed by atoms with Gasteiger partial charge in [0.05, 0.1) is 15.7 Å². The molecule has 0 aliphatic carbocycles. The van der Waals surface area contributed by atoms with Crippen LogP contribution in [0.25, 0.3) is 0 Å². The molecule has 4 nitrogen and oxygen atoms in total. The minimum Gasteiger partial charge on any atom is -0.505 e. The van der Waals surface area contributed by atoms with Crippen LogP contribution in [0.2, 0.25) is 10.0 Å². The molecule has 0 fully saturated rings. The maximum atomic E-state index is 11.9. The van der Waals surface area contributed by atoms with Crippen molar-refractivity contribution in [2.24, 2.45) is 0 Å². The molecule has 1 aliphatic heterocycles. The molecule has 0 saturated carbocycles. The van der Waals surface area contributed by atoms with E-state index < -0.39 is 11.8 Å². The number of aromatic hydroxyl groups is 1. The molecular weight excluding hydrogens is 277 g/mol. The highest BCUT2D eigenvalue weighted by molar-refractivity contribution is 6.39. The van der Waals surface area contributed by atoms with Gasteiger partial charge in [-0.15, -0.1) is 0 Å². The van der Waals surface area contributed by atoms with Crippen LogP contribution >= 0.6 is 23.2 Å². The summed E-state index contributed by atoms with van der Waals surface area (Å²) in [6, 6.07) is 2.65. The summed E-state index contributed by atoms with van der Waals surface area (Å²) < 4.78 is 0. The number of anilines is 1. The van der Waals surface area contributed by atoms with E-state index in [1.54, 1.807) is 13.8 Å². The first-order valence-electron chi connectivity index (χ1n) is 5.09. The summed E-state index contributed by atoms with van der Waals surface area (Å²) in [5.74, 6) is -1.09. The molecule has 1 aromatic carbocycles. The fraction of sp³-hybridized carbons (Fsp3) is 0.167. The minimum absolute atomic E-state index is 0.0136. The molecule has 1 aliphatic rings. The number of nitrogens with zero attached hydrogens (tertiary/aromatic N) is 1. The zero-order chi connectivity index (χ0) is 13.6. The van der Waals surface area contributed by atoms with Gasteiger partial charge >= 0.3 is 0 Å². The van der Waals surface area contributed by atoms with Gasteiger partial charge in [0.25, 0.3) is 11.8 Å². The molecule has 0 unspecified atom stereocenters. The van der Waals surface area contributed by atoms with Gasteiger partial charge in [-0.3, -0.25) is 9.59 Å². The first-order valence-corrected chi connectivity index (χ1v) is 5.84. The molecule has 0 aromatic heterocycles. The molecule has 1 N–H and O–H groups in total. The van der Waals surface area contributed by atoms with Gasteiger partial charge in [0.15, 0.2) is 5.75 Å². The lowest BCUT2D eigenvalue weighted by Crippen LogP contribution is -2.31. The van der Waals surface area contributed by atoms with E-state index in [2.05, 4.69) is 0 Å². The standard InChI is InChI=1S/C12H9Cl2NO3/c1-5-6(2)12(18)15(11(5)17)7-3-8(13)10(16)9(14)4-7/h3-4,16H,1-2H3. The summed E-state index contributed by atoms with van der Waals surface area (Å²) in [7, 11) is 0. The number of phenolic OH excluding ortho intramolecular Hbond substituents is 1. The third-order valence-electron chi connectivity index (χ3n) is 2.87. The van der Waals surface area contributed by atoms with Crippen LogP contribution in [0.15, 0.2) is 23.3 Å². The predicted octanol–water partition coefficient (Wildman–Crippen LogP) is 2.91. The van der Waals surface area contributed by atoms with Crippen molar-refractivity contribution in [1.29, 1.82) is 0 Å². The van der Waals surface area contributed by atoms with Crippen LogP contribution in [0.1, 0.15) is 13.8 Å². The molecule has 0 bridgehead atoms. The van der Waals surface area contributed by atoms with Gasteiger partial charge in [0, 0.05) is 11.1 Å². The van der Waals surface area contributed by atoms with Crippen molar-refractivity contribution >= 4 is 40.7 Å². The highest BCUT2D eigenvalue weighted by Crippen LogP contribution is 2.37. The molecule has 0 saturated heterocycles. The van der Waals surface area contributed by atoms with Crippen LogP contribution < -0.4 is 4.90 Å². The monoisotopic (exact) mass is 285 g/mol. The smallest absolute Gasteiger partial charge is 0.261 e. The molecule has 0 radical (unpaired) electrons. The second-order valence-corrected chi connectivity index (χ2v) is 4.77. The van der Waals surface area contributed by atoms with Crippen molar-refractivity contribution in [3.63, 3.8) is 0 Å². The Hall–Kier alpha value is -1.52. The van der Waals surface area contributed by atoms with Gasteiger partial charge in [-0.05, 0) is 26.0 Å². The molecule has 0 atom stereocenters. The minimum atomic E-state index is -0.407. The molecule has 94 valence electrons. The topological polar surface area (TPSA) is 57.6 Å². The number of carbonyl (C=O) groups excluding carboxylic acids is 2. The Balaban J connectivity index is 2.53. The van der Waals surface area contributed by atoms with E-state index in [0.29, 0.717) is 11.1 Å². The summed E-state index contributed by atoms with van der Waals surface area (Å²) >= 11 is 11.5. The van der Waals surface area contributed by atoms with Crippen LogP contribution in [-0.2, 0) is 9.59 Å². The van der Waals surface area contributed by atoms with Gasteiger partial charge in [0.1, 0.15) is 0 Å². The molecule has 2 amide bonds. The van der Waals surface area contributed by atoms with Crippen LogP contribution in [0.4, 0.5) is 5.69 Å². The number of phenols is 1. The summed E-state index contributed by atoms with van der Waals surface area (Å²) in [6.07, 6.45) is 0. The number of hydrogen-bond donors (Lipinski definition) is 1. The lowest BCUT2D eigenvalue weighted by Gasteiger charge is -2.16. The van der Waals surface area contributed by atoms with E-state index in [4.69, 9.17) is 23.2 Å². The van der Waals surface area contributed by atoms with E-state index in [1.807, 2.05) is 0 Å². The number of amides is 2. The number of benzene rings is 1. The normalized spacial score (nSPS) is 15.9. The second kappa shape index (κ2) is 4.30. The van der Waals surface area contributed by atoms with Gasteiger partial charge < -0.3 is 5.11 Å². The fourth-order valence-corrected chi connectivity index (χ4v) is 2.14. The molecular formula is C12H9Cl2NO3. The molecule has 6 heteroatoms. The fourth-order valence-electron chi connectivity index (χ4n) is 1.66. The average Bonchev–Trinajstić information content (AvgIpc) is 2.50. The Kier molecular flexibility index (Phi) is 3.09. The van der Waals surface area contributed by atoms with E-state index in [9.17, 15) is 14.7 Å². The second-order valence-electron chi connectivity index (χ2n) is 3.95. The Morgan fingerprint density at radius 1 is 1.00 bits per heavy atom. The van der Waals surface area contributed by atoms with Crippen molar-refractivity contribution in [2.45, 2.75) is 13.8 Å². The van der Waals surface area contributed by atoms with Crippen molar-refractivity contribution in [2.75, 3.05) is 4.90 Å². The SMILES string of the molecule is CC1=C(C)C(=O)N(c2cc(Cl)c(O)c(Cl)c2)C1=O. The predicted molar refractivity (Wildman–Crippen MR) is 69.0 cm³/mol. The third-order valence-corrected chi connectivity index (χ3v) is 3.45. The molecule has 18 heavy (non-hydrogen) atoms. The van der Waals surface area contributed by atoms with Crippen LogP contribution in [0, 0.1) is 0 Å². The average molecular weight is 286 g/mol. The van der Waals surface area contributed by atoms with Crippen molar-refractivity contribution < 1.29 is 14.7 Å². The third kappa shape index (κ3) is 1.78. The van der Waals surface area contributed by atoms with Crippen LogP contribution in [-0.4, -0.2) is 16.9 Å². The van der Waals surface area contributed by atoms with Crippen LogP contribution in [0.5, 0.6) is 5.75 Å². The Morgan fingerprint density at radius 3 is 1.78 bits per heavy atom. The summed E-state index contributed by atoms with van der Waals surface area (Å²) in [6.45, 7) is 3.17. The zero-order valence-corrected chi connectivity index (χ0v) is 11.1. The number of halogens is 2. The molecule has 0 spiro atoms.